The van der Waals surface area contributed by atoms with Gasteiger partial charge < -0.3 is 15.4 Å². The van der Waals surface area contributed by atoms with Crippen LogP contribution in [0.3, 0.4) is 0 Å². The monoisotopic (exact) mass is 390 g/mol. The molecule has 0 amide bonds. The largest absolute Gasteiger partial charge is 0.493 e. The van der Waals surface area contributed by atoms with E-state index in [9.17, 15) is 0 Å². The van der Waals surface area contributed by atoms with E-state index >= 15 is 0 Å². The summed E-state index contributed by atoms with van der Waals surface area (Å²) in [7, 11) is 1.78. The second-order valence-corrected chi connectivity index (χ2v) is 7.15. The van der Waals surface area contributed by atoms with Crippen molar-refractivity contribution in [2.75, 3.05) is 13.7 Å². The van der Waals surface area contributed by atoms with E-state index in [2.05, 4.69) is 43.9 Å². The summed E-state index contributed by atoms with van der Waals surface area (Å²) in [6, 6.07) is 16.4. The first-order valence-corrected chi connectivity index (χ1v) is 9.91. The number of guanidine groups is 1. The number of ether oxygens (including phenoxy) is 1. The molecule has 150 valence electrons. The van der Waals surface area contributed by atoms with Crippen molar-refractivity contribution < 1.29 is 4.74 Å². The van der Waals surface area contributed by atoms with Crippen LogP contribution in [0.25, 0.3) is 5.69 Å². The molecule has 1 aliphatic carbocycles. The zero-order valence-electron chi connectivity index (χ0n) is 16.6. The average molecular weight is 390 g/mol. The van der Waals surface area contributed by atoms with Crippen molar-refractivity contribution in [2.45, 2.75) is 25.9 Å². The van der Waals surface area contributed by atoms with Crippen LogP contribution >= 0.6 is 0 Å². The van der Waals surface area contributed by atoms with E-state index in [1.165, 1.54) is 19.2 Å². The molecule has 1 aliphatic rings. The van der Waals surface area contributed by atoms with Crippen LogP contribution in [0.5, 0.6) is 5.75 Å². The number of para-hydroxylation sites is 1. The first kappa shape index (κ1) is 19.0. The predicted octanol–water partition coefficient (Wildman–Crippen LogP) is 2.92. The molecule has 0 aliphatic heterocycles. The van der Waals surface area contributed by atoms with Crippen molar-refractivity contribution in [1.29, 1.82) is 0 Å². The zero-order chi connectivity index (χ0) is 19.9. The van der Waals surface area contributed by atoms with E-state index in [-0.39, 0.29) is 0 Å². The van der Waals surface area contributed by atoms with Gasteiger partial charge in [-0.2, -0.15) is 5.10 Å². The zero-order valence-corrected chi connectivity index (χ0v) is 16.6. The van der Waals surface area contributed by atoms with Crippen molar-refractivity contribution in [3.05, 3.63) is 72.3 Å². The molecule has 0 saturated heterocycles. The highest BCUT2D eigenvalue weighted by Crippen LogP contribution is 2.30. The molecule has 0 bridgehead atoms. The van der Waals surface area contributed by atoms with Crippen LogP contribution in [-0.4, -0.2) is 34.4 Å². The summed E-state index contributed by atoms with van der Waals surface area (Å²) in [4.78, 5) is 8.29. The lowest BCUT2D eigenvalue weighted by Gasteiger charge is -2.15. The number of hydrogen-bond acceptors (Lipinski definition) is 4. The summed E-state index contributed by atoms with van der Waals surface area (Å²) >= 11 is 0. The van der Waals surface area contributed by atoms with Gasteiger partial charge in [0.25, 0.3) is 0 Å². The van der Waals surface area contributed by atoms with Gasteiger partial charge >= 0.3 is 0 Å². The van der Waals surface area contributed by atoms with Crippen molar-refractivity contribution in [3.63, 3.8) is 0 Å². The van der Waals surface area contributed by atoms with Crippen molar-refractivity contribution in [2.24, 2.45) is 10.9 Å². The van der Waals surface area contributed by atoms with E-state index in [0.29, 0.717) is 13.1 Å². The lowest BCUT2D eigenvalue weighted by Crippen LogP contribution is -2.36. The lowest BCUT2D eigenvalue weighted by atomic mass is 10.2. The molecule has 0 spiro atoms. The van der Waals surface area contributed by atoms with Gasteiger partial charge in [-0.3, -0.25) is 4.99 Å². The van der Waals surface area contributed by atoms with Gasteiger partial charge in [0.1, 0.15) is 18.4 Å². The number of aromatic nitrogens is 3. The van der Waals surface area contributed by atoms with Gasteiger partial charge in [0, 0.05) is 25.7 Å². The Morgan fingerprint density at radius 2 is 1.90 bits per heavy atom. The molecule has 2 N–H and O–H groups in total. The van der Waals surface area contributed by atoms with E-state index in [1.54, 1.807) is 18.1 Å². The highest BCUT2D eigenvalue weighted by atomic mass is 16.5. The fourth-order valence-electron chi connectivity index (χ4n) is 2.98. The second-order valence-electron chi connectivity index (χ2n) is 7.15. The van der Waals surface area contributed by atoms with Gasteiger partial charge in [-0.15, -0.1) is 0 Å². The Labute approximate surface area is 170 Å². The average Bonchev–Trinajstić information content (AvgIpc) is 3.44. The first-order chi connectivity index (χ1) is 14.3. The van der Waals surface area contributed by atoms with Gasteiger partial charge in [0.15, 0.2) is 5.96 Å². The summed E-state index contributed by atoms with van der Waals surface area (Å²) < 4.78 is 7.72. The molecule has 1 saturated carbocycles. The van der Waals surface area contributed by atoms with Crippen LogP contribution in [0, 0.1) is 5.92 Å². The van der Waals surface area contributed by atoms with Gasteiger partial charge in [0.05, 0.1) is 12.3 Å². The molecule has 1 aromatic heterocycles. The molecule has 0 radical (unpaired) electrons. The highest BCUT2D eigenvalue weighted by Gasteiger charge is 2.22. The Kier molecular flexibility index (Phi) is 6.04. The summed E-state index contributed by atoms with van der Waals surface area (Å²) in [5.41, 5.74) is 3.27. The summed E-state index contributed by atoms with van der Waals surface area (Å²) in [5, 5.41) is 10.9. The topological polar surface area (TPSA) is 76.4 Å². The molecule has 1 fully saturated rings. The molecular weight excluding hydrogens is 364 g/mol. The van der Waals surface area contributed by atoms with Crippen molar-refractivity contribution in [1.82, 2.24) is 25.4 Å². The van der Waals surface area contributed by atoms with E-state index in [4.69, 9.17) is 4.74 Å². The standard InChI is InChI=1S/C22H26N6O/c1-23-22(25-12-17-8-10-20(11-9-17)28-16-24-15-27-28)26-13-19-4-2-3-5-21(19)29-14-18-6-7-18/h2-5,8-11,15-16,18H,6-7,12-14H2,1H3,(H2,23,25,26). The maximum atomic E-state index is 5.99. The quantitative estimate of drug-likeness (QED) is 0.457. The number of nitrogens with zero attached hydrogens (tertiary/aromatic N) is 4. The third-order valence-corrected chi connectivity index (χ3v) is 4.89. The molecule has 3 aromatic rings. The van der Waals surface area contributed by atoms with E-state index in [0.717, 1.165) is 41.0 Å². The molecule has 1 heterocycles. The highest BCUT2D eigenvalue weighted by molar-refractivity contribution is 5.79. The maximum Gasteiger partial charge on any atom is 0.191 e. The van der Waals surface area contributed by atoms with Crippen LogP contribution in [-0.2, 0) is 13.1 Å². The minimum Gasteiger partial charge on any atom is -0.493 e. The summed E-state index contributed by atoms with van der Waals surface area (Å²) in [6.45, 7) is 2.15. The van der Waals surface area contributed by atoms with Crippen molar-refractivity contribution in [3.8, 4) is 11.4 Å². The Morgan fingerprint density at radius 1 is 1.10 bits per heavy atom. The van der Waals surface area contributed by atoms with Crippen LogP contribution in [0.1, 0.15) is 24.0 Å². The Morgan fingerprint density at radius 3 is 2.62 bits per heavy atom. The minimum atomic E-state index is 0.658. The van der Waals surface area contributed by atoms with Gasteiger partial charge in [-0.1, -0.05) is 30.3 Å². The first-order valence-electron chi connectivity index (χ1n) is 9.91. The number of hydrogen-bond donors (Lipinski definition) is 2. The van der Waals surface area contributed by atoms with E-state index < -0.39 is 0 Å². The van der Waals surface area contributed by atoms with Gasteiger partial charge in [-0.25, -0.2) is 9.67 Å². The van der Waals surface area contributed by atoms with Gasteiger partial charge in [0.2, 0.25) is 0 Å². The molecule has 29 heavy (non-hydrogen) atoms. The molecule has 7 heteroatoms. The smallest absolute Gasteiger partial charge is 0.191 e. The second kappa shape index (κ2) is 9.23. The molecule has 0 unspecified atom stereocenters. The summed E-state index contributed by atoms with van der Waals surface area (Å²) in [6.07, 6.45) is 5.79. The SMILES string of the molecule is CN=C(NCc1ccc(-n2cncn2)cc1)NCc1ccccc1OCC1CC1. The van der Waals surface area contributed by atoms with Crippen molar-refractivity contribution >= 4 is 5.96 Å². The number of aliphatic imine (C=N–C) groups is 1. The normalized spacial score (nSPS) is 13.9. The predicted molar refractivity (Wildman–Crippen MR) is 113 cm³/mol. The van der Waals surface area contributed by atoms with Crippen LogP contribution in [0.4, 0.5) is 0 Å². The number of nitrogens with one attached hydrogen (secondary N) is 2. The third kappa shape index (κ3) is 5.34. The molecule has 2 aromatic carbocycles. The fourth-order valence-corrected chi connectivity index (χ4v) is 2.98. The Bertz CT molecular complexity index is 932. The van der Waals surface area contributed by atoms with Crippen LogP contribution in [0.15, 0.2) is 66.2 Å². The number of benzene rings is 2. The molecule has 7 nitrogen and oxygen atoms in total. The Balaban J connectivity index is 1.29. The Hall–Kier alpha value is -3.35. The maximum absolute atomic E-state index is 5.99. The minimum absolute atomic E-state index is 0.658. The fraction of sp³-hybridized carbons (Fsp3) is 0.318. The lowest BCUT2D eigenvalue weighted by molar-refractivity contribution is 0.296. The van der Waals surface area contributed by atoms with Gasteiger partial charge in [-0.05, 0) is 42.5 Å². The molecular formula is C22H26N6O. The van der Waals surface area contributed by atoms with E-state index in [1.807, 2.05) is 30.3 Å². The number of rotatable bonds is 8. The molecule has 4 rings (SSSR count). The molecule has 0 atom stereocenters. The van der Waals surface area contributed by atoms with Crippen LogP contribution in [0.2, 0.25) is 0 Å². The third-order valence-electron chi connectivity index (χ3n) is 4.89. The van der Waals surface area contributed by atoms with Crippen LogP contribution < -0.4 is 15.4 Å². The summed E-state index contributed by atoms with van der Waals surface area (Å²) in [5.74, 6) is 2.44.